The van der Waals surface area contributed by atoms with Gasteiger partial charge >= 0.3 is 0 Å². The second kappa shape index (κ2) is 7.14. The van der Waals surface area contributed by atoms with E-state index < -0.39 is 0 Å². The minimum absolute atomic E-state index is 0.0664. The quantitative estimate of drug-likeness (QED) is 0.533. The monoisotopic (exact) mass is 306 g/mol. The first-order valence-electron chi connectivity index (χ1n) is 5.95. The Labute approximate surface area is 123 Å². The molecule has 0 atom stereocenters. The predicted octanol–water partition coefficient (Wildman–Crippen LogP) is 3.15. The van der Waals surface area contributed by atoms with E-state index in [2.05, 4.69) is 29.6 Å². The fourth-order valence-corrected chi connectivity index (χ4v) is 1.96. The normalized spacial score (nSPS) is 11.5. The average molecular weight is 307 g/mol. The minimum atomic E-state index is 0.0664. The van der Waals surface area contributed by atoms with Crippen LogP contribution in [0.4, 0.5) is 11.6 Å². The number of nitrogens with one attached hydrogen (secondary N) is 2. The maximum atomic E-state index is 6.09. The van der Waals surface area contributed by atoms with E-state index in [1.54, 1.807) is 13.2 Å². The predicted molar refractivity (Wildman–Crippen MR) is 80.8 cm³/mol. The molecule has 1 rings (SSSR count). The molecule has 19 heavy (non-hydrogen) atoms. The Morgan fingerprint density at radius 3 is 2.53 bits per heavy atom. The van der Waals surface area contributed by atoms with E-state index in [-0.39, 0.29) is 5.41 Å². The highest BCUT2D eigenvalue weighted by molar-refractivity contribution is 6.37. The summed E-state index contributed by atoms with van der Waals surface area (Å²) in [6, 6.07) is 1.61. The molecule has 0 saturated carbocycles. The van der Waals surface area contributed by atoms with Crippen LogP contribution in [0.1, 0.15) is 20.3 Å². The number of halogens is 2. The van der Waals surface area contributed by atoms with Gasteiger partial charge in [0.15, 0.2) is 5.82 Å². The molecule has 1 aromatic heterocycles. The molecule has 0 aliphatic heterocycles. The lowest BCUT2D eigenvalue weighted by Gasteiger charge is -2.25. The van der Waals surface area contributed by atoms with E-state index in [1.807, 2.05) is 0 Å². The fraction of sp³-hybridized carbons (Fsp3) is 0.583. The van der Waals surface area contributed by atoms with Gasteiger partial charge in [0.25, 0.3) is 0 Å². The lowest BCUT2D eigenvalue weighted by atomic mass is 9.90. The van der Waals surface area contributed by atoms with Gasteiger partial charge in [0, 0.05) is 20.3 Å². The second-order valence-corrected chi connectivity index (χ2v) is 5.87. The molecular formula is C12H20Cl2N4O. The summed E-state index contributed by atoms with van der Waals surface area (Å²) in [6.07, 6.45) is 0.934. The number of nitrogens with two attached hydrogens (primary N) is 1. The zero-order valence-corrected chi connectivity index (χ0v) is 12.9. The van der Waals surface area contributed by atoms with Gasteiger partial charge < -0.3 is 15.5 Å². The molecule has 0 amide bonds. The first-order chi connectivity index (χ1) is 8.89. The van der Waals surface area contributed by atoms with Gasteiger partial charge in [0.05, 0.1) is 10.0 Å². The highest BCUT2D eigenvalue weighted by Gasteiger charge is 2.18. The van der Waals surface area contributed by atoms with Gasteiger partial charge in [-0.15, -0.1) is 0 Å². The number of hydrogen-bond donors (Lipinski definition) is 3. The molecule has 7 heteroatoms. The van der Waals surface area contributed by atoms with Crippen LogP contribution in [-0.2, 0) is 4.74 Å². The van der Waals surface area contributed by atoms with Gasteiger partial charge in [0.1, 0.15) is 5.82 Å². The number of aromatic nitrogens is 1. The Balaban J connectivity index is 2.72. The van der Waals surface area contributed by atoms with Crippen LogP contribution in [-0.4, -0.2) is 25.2 Å². The molecule has 5 nitrogen and oxygen atoms in total. The van der Waals surface area contributed by atoms with Crippen molar-refractivity contribution >= 4 is 34.8 Å². The molecule has 108 valence electrons. The van der Waals surface area contributed by atoms with Crippen molar-refractivity contribution in [3.05, 3.63) is 16.1 Å². The Morgan fingerprint density at radius 2 is 1.95 bits per heavy atom. The van der Waals surface area contributed by atoms with Crippen LogP contribution in [0.5, 0.6) is 0 Å². The van der Waals surface area contributed by atoms with Crippen LogP contribution in [0.15, 0.2) is 6.07 Å². The number of hydrazine groups is 1. The lowest BCUT2D eigenvalue weighted by molar-refractivity contribution is 0.157. The van der Waals surface area contributed by atoms with E-state index in [4.69, 9.17) is 33.8 Å². The lowest BCUT2D eigenvalue weighted by Crippen LogP contribution is -2.25. The third-order valence-corrected chi connectivity index (χ3v) is 3.36. The van der Waals surface area contributed by atoms with Crippen molar-refractivity contribution < 1.29 is 4.74 Å². The van der Waals surface area contributed by atoms with Gasteiger partial charge in [0.2, 0.25) is 0 Å². The third-order valence-electron chi connectivity index (χ3n) is 2.78. The number of nitrogen functional groups attached to an aromatic ring is 1. The molecular weight excluding hydrogens is 287 g/mol. The van der Waals surface area contributed by atoms with E-state index in [0.29, 0.717) is 34.8 Å². The maximum absolute atomic E-state index is 6.09. The van der Waals surface area contributed by atoms with Gasteiger partial charge in [-0.05, 0) is 17.9 Å². The zero-order valence-electron chi connectivity index (χ0n) is 11.4. The molecule has 0 radical (unpaired) electrons. The van der Waals surface area contributed by atoms with Gasteiger partial charge in [-0.2, -0.15) is 0 Å². The van der Waals surface area contributed by atoms with Gasteiger partial charge in [-0.3, -0.25) is 0 Å². The van der Waals surface area contributed by atoms with Crippen LogP contribution >= 0.6 is 23.2 Å². The molecule has 0 spiro atoms. The van der Waals surface area contributed by atoms with Crippen molar-refractivity contribution in [3.8, 4) is 0 Å². The molecule has 0 fully saturated rings. The molecule has 0 aromatic carbocycles. The van der Waals surface area contributed by atoms with Crippen LogP contribution < -0.4 is 16.6 Å². The third kappa shape index (κ3) is 5.03. The molecule has 0 aliphatic carbocycles. The average Bonchev–Trinajstić information content (AvgIpc) is 2.35. The number of methoxy groups -OCH3 is 1. The van der Waals surface area contributed by atoms with Crippen molar-refractivity contribution in [2.24, 2.45) is 11.3 Å². The van der Waals surface area contributed by atoms with Crippen LogP contribution in [0, 0.1) is 5.41 Å². The summed E-state index contributed by atoms with van der Waals surface area (Å²) in [7, 11) is 1.69. The van der Waals surface area contributed by atoms with Crippen molar-refractivity contribution in [1.29, 1.82) is 0 Å². The summed E-state index contributed by atoms with van der Waals surface area (Å²) < 4.78 is 5.09. The Bertz CT molecular complexity index is 426. The first kappa shape index (κ1) is 16.3. The van der Waals surface area contributed by atoms with Crippen molar-refractivity contribution in [2.45, 2.75) is 20.3 Å². The molecule has 4 N–H and O–H groups in total. The van der Waals surface area contributed by atoms with E-state index in [0.717, 1.165) is 6.42 Å². The zero-order chi connectivity index (χ0) is 14.5. The summed E-state index contributed by atoms with van der Waals surface area (Å²) in [5, 5.41) is 4.06. The minimum Gasteiger partial charge on any atom is -0.385 e. The highest BCUT2D eigenvalue weighted by atomic mass is 35.5. The van der Waals surface area contributed by atoms with E-state index in [9.17, 15) is 0 Å². The smallest absolute Gasteiger partial charge is 0.161 e. The number of nitrogens with zero attached hydrogens (tertiary/aromatic N) is 1. The van der Waals surface area contributed by atoms with Crippen molar-refractivity contribution in [3.63, 3.8) is 0 Å². The summed E-state index contributed by atoms with van der Waals surface area (Å²) >= 11 is 12.0. The SMILES string of the molecule is COCCC(C)(C)CNc1nc(NN)c(Cl)cc1Cl. The van der Waals surface area contributed by atoms with Gasteiger partial charge in [-0.25, -0.2) is 10.8 Å². The van der Waals surface area contributed by atoms with E-state index >= 15 is 0 Å². The Morgan fingerprint density at radius 1 is 1.32 bits per heavy atom. The second-order valence-electron chi connectivity index (χ2n) is 5.05. The number of ether oxygens (including phenoxy) is 1. The number of rotatable bonds is 7. The van der Waals surface area contributed by atoms with Crippen LogP contribution in [0.3, 0.4) is 0 Å². The number of hydrogen-bond acceptors (Lipinski definition) is 5. The van der Waals surface area contributed by atoms with Crippen molar-refractivity contribution in [2.75, 3.05) is 31.0 Å². The molecule has 0 saturated heterocycles. The largest absolute Gasteiger partial charge is 0.385 e. The molecule has 0 bridgehead atoms. The van der Waals surface area contributed by atoms with Gasteiger partial charge in [-0.1, -0.05) is 37.0 Å². The summed E-state index contributed by atoms with van der Waals surface area (Å²) in [5.41, 5.74) is 2.50. The maximum Gasteiger partial charge on any atom is 0.161 e. The van der Waals surface area contributed by atoms with Crippen LogP contribution in [0.2, 0.25) is 10.0 Å². The molecule has 1 aromatic rings. The highest BCUT2D eigenvalue weighted by Crippen LogP contribution is 2.30. The van der Waals surface area contributed by atoms with E-state index in [1.165, 1.54) is 0 Å². The molecule has 1 heterocycles. The summed E-state index contributed by atoms with van der Waals surface area (Å²) in [5.74, 6) is 6.28. The first-order valence-corrected chi connectivity index (χ1v) is 6.70. The van der Waals surface area contributed by atoms with Crippen LogP contribution in [0.25, 0.3) is 0 Å². The molecule has 0 unspecified atom stereocenters. The standard InChI is InChI=1S/C12H20Cl2N4O/c1-12(2,4-5-19-3)7-16-10-8(13)6-9(14)11(17-10)18-15/h6H,4-5,7,15H2,1-3H3,(H2,16,17,18). The topological polar surface area (TPSA) is 72.2 Å². The molecule has 0 aliphatic rings. The Kier molecular flexibility index (Phi) is 6.13. The Hall–Kier alpha value is -0.750. The summed E-state index contributed by atoms with van der Waals surface area (Å²) in [4.78, 5) is 4.23. The van der Waals surface area contributed by atoms with Crippen molar-refractivity contribution in [1.82, 2.24) is 4.98 Å². The fourth-order valence-electron chi connectivity index (χ4n) is 1.48. The summed E-state index contributed by atoms with van der Waals surface area (Å²) in [6.45, 7) is 5.72. The number of pyridine rings is 1. The number of anilines is 2.